The molecule has 1 aliphatic heterocycles. The summed E-state index contributed by atoms with van der Waals surface area (Å²) in [6.45, 7) is 0. The number of thioether (sulfide) groups is 1. The lowest BCUT2D eigenvalue weighted by atomic mass is 10.0. The van der Waals surface area contributed by atoms with E-state index in [1.165, 1.54) is 0 Å². The van der Waals surface area contributed by atoms with Crippen LogP contribution in [-0.4, -0.2) is 40.7 Å². The predicted octanol–water partition coefficient (Wildman–Crippen LogP) is 3.90. The number of carbonyl (C=O) groups excluding carboxylic acids is 1. The Morgan fingerprint density at radius 1 is 0.778 bits per heavy atom. The van der Waals surface area contributed by atoms with Gasteiger partial charge in [0.25, 0.3) is 0 Å². The number of hydrogen-bond acceptors (Lipinski definition) is 7. The zero-order valence-corrected chi connectivity index (χ0v) is 16.6. The number of hydrogen-bond donors (Lipinski definition) is 0. The highest BCUT2D eigenvalue weighted by molar-refractivity contribution is 8.15. The first kappa shape index (κ1) is 19.0. The van der Waals surface area contributed by atoms with Crippen molar-refractivity contribution >= 4 is 28.5 Å². The van der Waals surface area contributed by atoms with Gasteiger partial charge in [-0.1, -0.05) is 0 Å². The van der Waals surface area contributed by atoms with Crippen LogP contribution in [-0.2, 0) is 4.79 Å². The number of carbonyl (C=O) groups is 1. The van der Waals surface area contributed by atoms with Crippen LogP contribution in [0.1, 0.15) is 11.1 Å². The molecule has 0 unspecified atom stereocenters. The molecule has 3 rings (SSSR count). The second-order valence-corrected chi connectivity index (χ2v) is 6.59. The molecular weight excluding hydrogens is 368 g/mol. The molecule has 2 aromatic carbocycles. The van der Waals surface area contributed by atoms with Gasteiger partial charge in [0.05, 0.1) is 35.5 Å². The van der Waals surface area contributed by atoms with Crippen molar-refractivity contribution in [1.29, 1.82) is 0 Å². The van der Waals surface area contributed by atoms with Crippen molar-refractivity contribution in [3.8, 4) is 28.7 Å². The summed E-state index contributed by atoms with van der Waals surface area (Å²) in [5.74, 6) is 2.67. The van der Waals surface area contributed by atoms with Gasteiger partial charge in [0, 0.05) is 21.6 Å². The summed E-state index contributed by atoms with van der Waals surface area (Å²) in [6, 6.07) is 7.22. The van der Waals surface area contributed by atoms with Crippen molar-refractivity contribution in [3.05, 3.63) is 35.4 Å². The number of fused-ring (bicyclic) bond motifs is 1. The van der Waals surface area contributed by atoms with E-state index in [4.69, 9.17) is 23.7 Å². The molecule has 0 N–H and O–H groups in total. The molecule has 0 saturated heterocycles. The average Bonchev–Trinajstić information content (AvgIpc) is 3.00. The zero-order valence-electron chi connectivity index (χ0n) is 15.7. The molecule has 0 fully saturated rings. The van der Waals surface area contributed by atoms with Gasteiger partial charge in [0.2, 0.25) is 10.9 Å². The van der Waals surface area contributed by atoms with Gasteiger partial charge in [0.1, 0.15) is 0 Å². The molecule has 2 aromatic rings. The van der Waals surface area contributed by atoms with Crippen LogP contribution < -0.4 is 23.7 Å². The highest BCUT2D eigenvalue weighted by Gasteiger charge is 2.29. The van der Waals surface area contributed by atoms with Crippen LogP contribution in [0.15, 0.2) is 29.2 Å². The molecule has 0 atom stereocenters. The van der Waals surface area contributed by atoms with Crippen LogP contribution in [0, 0.1) is 0 Å². The minimum atomic E-state index is -0.0582. The van der Waals surface area contributed by atoms with Crippen LogP contribution in [0.25, 0.3) is 11.6 Å². The summed E-state index contributed by atoms with van der Waals surface area (Å²) >= 11 is 1.16. The fourth-order valence-corrected chi connectivity index (χ4v) is 3.87. The van der Waals surface area contributed by atoms with Crippen LogP contribution in [0.4, 0.5) is 0 Å². The van der Waals surface area contributed by atoms with Crippen LogP contribution in [0.5, 0.6) is 28.7 Å². The Bertz CT molecular complexity index is 919. The van der Waals surface area contributed by atoms with Crippen LogP contribution in [0.2, 0.25) is 0 Å². The maximum absolute atomic E-state index is 12.6. The smallest absolute Gasteiger partial charge is 0.224 e. The zero-order chi connectivity index (χ0) is 19.6. The Morgan fingerprint density at radius 3 is 2.00 bits per heavy atom. The largest absolute Gasteiger partial charge is 0.493 e. The van der Waals surface area contributed by atoms with E-state index in [2.05, 4.69) is 0 Å². The highest BCUT2D eigenvalue weighted by Crippen LogP contribution is 2.48. The molecule has 1 heterocycles. The van der Waals surface area contributed by atoms with Gasteiger partial charge in [-0.15, -0.1) is 0 Å². The Labute approximate surface area is 162 Å². The van der Waals surface area contributed by atoms with Gasteiger partial charge < -0.3 is 23.7 Å². The van der Waals surface area contributed by atoms with E-state index in [1.54, 1.807) is 47.7 Å². The molecule has 0 amide bonds. The van der Waals surface area contributed by atoms with Crippen molar-refractivity contribution in [2.24, 2.45) is 0 Å². The lowest BCUT2D eigenvalue weighted by Crippen LogP contribution is -1.98. The second-order valence-electron chi connectivity index (χ2n) is 5.57. The normalized spacial score (nSPS) is 14.1. The van der Waals surface area contributed by atoms with Crippen molar-refractivity contribution in [3.63, 3.8) is 0 Å². The first-order valence-corrected chi connectivity index (χ1v) is 8.88. The molecule has 0 radical (unpaired) electrons. The standard InChI is InChI=1S/C20H20O6S/c1-22-14-7-6-11(18(25-4)19(14)26-5)8-13-12-9-15(23-2)16(24-3)10-17(12)27-20(13)21/h6-10H,1-5H3/b13-8+. The average molecular weight is 388 g/mol. The minimum absolute atomic E-state index is 0.0582. The molecule has 0 aliphatic carbocycles. The summed E-state index contributed by atoms with van der Waals surface area (Å²) in [4.78, 5) is 13.5. The summed E-state index contributed by atoms with van der Waals surface area (Å²) in [7, 11) is 7.78. The van der Waals surface area contributed by atoms with E-state index >= 15 is 0 Å². The predicted molar refractivity (Wildman–Crippen MR) is 104 cm³/mol. The van der Waals surface area contributed by atoms with Gasteiger partial charge in [-0.2, -0.15) is 0 Å². The topological polar surface area (TPSA) is 63.2 Å². The van der Waals surface area contributed by atoms with Crippen molar-refractivity contribution < 1.29 is 28.5 Å². The third kappa shape index (κ3) is 3.30. The van der Waals surface area contributed by atoms with Crippen molar-refractivity contribution in [2.45, 2.75) is 4.90 Å². The SMILES string of the molecule is COc1cc2c(cc1OC)/C(=C\c1ccc(OC)c(OC)c1OC)C(=O)S2. The number of methoxy groups -OCH3 is 5. The molecule has 0 spiro atoms. The Kier molecular flexibility index (Phi) is 5.51. The summed E-state index contributed by atoms with van der Waals surface area (Å²) < 4.78 is 26.9. The Hall–Kier alpha value is -2.80. The monoisotopic (exact) mass is 388 g/mol. The Balaban J connectivity index is 2.16. The Morgan fingerprint density at radius 2 is 1.41 bits per heavy atom. The van der Waals surface area contributed by atoms with Crippen LogP contribution in [0.3, 0.4) is 0 Å². The van der Waals surface area contributed by atoms with Gasteiger partial charge in [-0.25, -0.2) is 0 Å². The first-order valence-electron chi connectivity index (χ1n) is 8.07. The first-order chi connectivity index (χ1) is 13.1. The quantitative estimate of drug-likeness (QED) is 0.696. The van der Waals surface area contributed by atoms with Gasteiger partial charge >= 0.3 is 0 Å². The number of ether oxygens (including phenoxy) is 5. The third-order valence-corrected chi connectivity index (χ3v) is 5.20. The molecule has 0 aromatic heterocycles. The number of rotatable bonds is 6. The van der Waals surface area contributed by atoms with E-state index in [0.717, 1.165) is 22.2 Å². The number of benzene rings is 2. The van der Waals surface area contributed by atoms with Gasteiger partial charge in [-0.05, 0) is 42.1 Å². The fourth-order valence-electron chi connectivity index (χ4n) is 2.95. The van der Waals surface area contributed by atoms with Crippen molar-refractivity contribution in [1.82, 2.24) is 0 Å². The lowest BCUT2D eigenvalue weighted by Gasteiger charge is -2.14. The van der Waals surface area contributed by atoms with E-state index in [1.807, 2.05) is 18.2 Å². The fraction of sp³-hybridized carbons (Fsp3) is 0.250. The molecule has 142 valence electrons. The summed E-state index contributed by atoms with van der Waals surface area (Å²) in [5, 5.41) is -0.0582. The van der Waals surface area contributed by atoms with E-state index in [0.29, 0.717) is 39.9 Å². The van der Waals surface area contributed by atoms with Crippen molar-refractivity contribution in [2.75, 3.05) is 35.5 Å². The maximum Gasteiger partial charge on any atom is 0.224 e. The van der Waals surface area contributed by atoms with Gasteiger partial charge in [-0.3, -0.25) is 4.79 Å². The van der Waals surface area contributed by atoms with Crippen LogP contribution >= 0.6 is 11.8 Å². The third-order valence-electron chi connectivity index (χ3n) is 4.23. The maximum atomic E-state index is 12.6. The summed E-state index contributed by atoms with van der Waals surface area (Å²) in [6.07, 6.45) is 1.79. The van der Waals surface area contributed by atoms with E-state index in [-0.39, 0.29) is 5.12 Å². The molecule has 1 aliphatic rings. The second kappa shape index (κ2) is 7.84. The van der Waals surface area contributed by atoms with E-state index in [9.17, 15) is 4.79 Å². The molecule has 27 heavy (non-hydrogen) atoms. The lowest BCUT2D eigenvalue weighted by molar-refractivity contribution is -0.106. The molecular formula is C20H20O6S. The minimum Gasteiger partial charge on any atom is -0.493 e. The molecule has 6 nitrogen and oxygen atoms in total. The highest BCUT2D eigenvalue weighted by atomic mass is 32.2. The molecule has 0 saturated carbocycles. The molecule has 7 heteroatoms. The van der Waals surface area contributed by atoms with Gasteiger partial charge in [0.15, 0.2) is 23.0 Å². The summed E-state index contributed by atoms with van der Waals surface area (Å²) in [5.41, 5.74) is 2.06. The molecule has 0 bridgehead atoms. The van der Waals surface area contributed by atoms with E-state index < -0.39 is 0 Å².